The van der Waals surface area contributed by atoms with E-state index in [4.69, 9.17) is 23.2 Å². The van der Waals surface area contributed by atoms with Crippen LogP contribution in [0.15, 0.2) is 29.1 Å². The van der Waals surface area contributed by atoms with Crippen molar-refractivity contribution in [2.75, 3.05) is 0 Å². The van der Waals surface area contributed by atoms with Crippen molar-refractivity contribution in [1.82, 2.24) is 19.5 Å². The first kappa shape index (κ1) is 12.2. The number of rotatable bonds is 1. The highest BCUT2D eigenvalue weighted by molar-refractivity contribution is 6.33. The van der Waals surface area contributed by atoms with Gasteiger partial charge in [0, 0.05) is 5.02 Å². The summed E-state index contributed by atoms with van der Waals surface area (Å²) in [4.78, 5) is 22.9. The lowest BCUT2D eigenvalue weighted by atomic mass is 10.3. The van der Waals surface area contributed by atoms with Crippen molar-refractivity contribution in [2.24, 2.45) is 0 Å². The highest BCUT2D eigenvalue weighted by atomic mass is 35.5. The molecule has 3 rings (SSSR count). The van der Waals surface area contributed by atoms with Gasteiger partial charge in [-0.2, -0.15) is 0 Å². The highest BCUT2D eigenvalue weighted by Crippen LogP contribution is 2.21. The van der Waals surface area contributed by atoms with E-state index in [1.807, 2.05) is 0 Å². The van der Waals surface area contributed by atoms with Gasteiger partial charge in [-0.1, -0.05) is 23.2 Å². The van der Waals surface area contributed by atoms with Crippen molar-refractivity contribution in [3.8, 4) is 5.69 Å². The molecule has 7 heteroatoms. The van der Waals surface area contributed by atoms with E-state index in [0.717, 1.165) is 0 Å². The molecule has 0 fully saturated rings. The predicted octanol–water partition coefficient (Wildman–Crippen LogP) is 2.72. The molecule has 0 bridgehead atoms. The van der Waals surface area contributed by atoms with E-state index in [1.54, 1.807) is 31.2 Å². The summed E-state index contributed by atoms with van der Waals surface area (Å²) >= 11 is 11.9. The minimum atomic E-state index is -0.320. The first-order chi connectivity index (χ1) is 9.06. The Balaban J connectivity index is 2.38. The maximum absolute atomic E-state index is 12.0. The summed E-state index contributed by atoms with van der Waals surface area (Å²) in [6, 6.07) is 6.86. The fourth-order valence-electron chi connectivity index (χ4n) is 1.91. The van der Waals surface area contributed by atoms with E-state index in [2.05, 4.69) is 15.0 Å². The number of hydrogen-bond donors (Lipinski definition) is 1. The van der Waals surface area contributed by atoms with Gasteiger partial charge in [0.25, 0.3) is 0 Å². The third kappa shape index (κ3) is 2.01. The maximum atomic E-state index is 12.0. The van der Waals surface area contributed by atoms with Gasteiger partial charge in [-0.25, -0.2) is 14.8 Å². The Morgan fingerprint density at radius 1 is 1.16 bits per heavy atom. The van der Waals surface area contributed by atoms with E-state index in [-0.39, 0.29) is 10.8 Å². The lowest BCUT2D eigenvalue weighted by molar-refractivity contribution is 1.01. The van der Waals surface area contributed by atoms with Gasteiger partial charge in [0.1, 0.15) is 11.3 Å². The first-order valence-electron chi connectivity index (χ1n) is 5.47. The predicted molar refractivity (Wildman–Crippen MR) is 74.2 cm³/mol. The van der Waals surface area contributed by atoms with Crippen molar-refractivity contribution in [3.05, 3.63) is 50.7 Å². The Bertz CT molecular complexity index is 820. The van der Waals surface area contributed by atoms with Crippen LogP contribution < -0.4 is 5.69 Å². The van der Waals surface area contributed by atoms with Crippen LogP contribution in [0.1, 0.15) is 5.82 Å². The minimum Gasteiger partial charge on any atom is -0.290 e. The van der Waals surface area contributed by atoms with Gasteiger partial charge in [-0.15, -0.1) is 0 Å². The van der Waals surface area contributed by atoms with Crippen molar-refractivity contribution >= 4 is 34.4 Å². The van der Waals surface area contributed by atoms with Crippen LogP contribution in [0, 0.1) is 6.92 Å². The van der Waals surface area contributed by atoms with E-state index in [9.17, 15) is 4.79 Å². The molecule has 0 atom stereocenters. The number of aryl methyl sites for hydroxylation is 1. The number of benzene rings is 1. The number of halogens is 2. The molecule has 1 aromatic carbocycles. The number of nitrogens with one attached hydrogen (secondary N) is 1. The molecule has 0 aliphatic carbocycles. The van der Waals surface area contributed by atoms with Crippen molar-refractivity contribution < 1.29 is 0 Å². The quantitative estimate of drug-likeness (QED) is 0.702. The molecule has 5 nitrogen and oxygen atoms in total. The second-order valence-electron chi connectivity index (χ2n) is 4.00. The third-order valence-corrected chi connectivity index (χ3v) is 3.21. The molecular formula is C12H8Cl2N4O. The molecule has 0 radical (unpaired) electrons. The van der Waals surface area contributed by atoms with Gasteiger partial charge < -0.3 is 0 Å². The molecule has 0 aliphatic rings. The number of aromatic amines is 1. The second-order valence-corrected chi connectivity index (χ2v) is 4.80. The Hall–Kier alpha value is -1.85. The molecule has 1 N–H and O–H groups in total. The number of hydrogen-bond acceptors (Lipinski definition) is 3. The van der Waals surface area contributed by atoms with E-state index >= 15 is 0 Å². The maximum Gasteiger partial charge on any atom is 0.332 e. The van der Waals surface area contributed by atoms with E-state index in [1.165, 1.54) is 4.57 Å². The van der Waals surface area contributed by atoms with Crippen LogP contribution in [0.4, 0.5) is 0 Å². The van der Waals surface area contributed by atoms with Crippen LogP contribution in [-0.2, 0) is 0 Å². The Kier molecular flexibility index (Phi) is 2.80. The van der Waals surface area contributed by atoms with E-state index < -0.39 is 0 Å². The average molecular weight is 295 g/mol. The minimum absolute atomic E-state index is 0.232. The topological polar surface area (TPSA) is 63.6 Å². The van der Waals surface area contributed by atoms with Gasteiger partial charge in [-0.3, -0.25) is 9.55 Å². The van der Waals surface area contributed by atoms with Gasteiger partial charge >= 0.3 is 5.69 Å². The van der Waals surface area contributed by atoms with Crippen LogP contribution in [0.3, 0.4) is 0 Å². The van der Waals surface area contributed by atoms with Gasteiger partial charge in [-0.05, 0) is 31.2 Å². The van der Waals surface area contributed by atoms with Gasteiger partial charge in [0.05, 0.1) is 5.69 Å². The smallest absolute Gasteiger partial charge is 0.290 e. The summed E-state index contributed by atoms with van der Waals surface area (Å²) in [7, 11) is 0. The zero-order valence-corrected chi connectivity index (χ0v) is 11.3. The second kappa shape index (κ2) is 4.36. The molecular weight excluding hydrogens is 287 g/mol. The summed E-state index contributed by atoms with van der Waals surface area (Å²) in [6.45, 7) is 1.71. The largest absolute Gasteiger partial charge is 0.332 e. The van der Waals surface area contributed by atoms with E-state index in [0.29, 0.717) is 27.7 Å². The molecule has 3 aromatic rings. The number of aromatic nitrogens is 4. The SMILES string of the molecule is Cc1nc(Cl)c2c(n1)[nH]c(=O)n2-c1ccc(Cl)cc1. The van der Waals surface area contributed by atoms with Gasteiger partial charge in [0.2, 0.25) is 0 Å². The van der Waals surface area contributed by atoms with Crippen LogP contribution >= 0.6 is 23.2 Å². The molecule has 0 saturated carbocycles. The lowest BCUT2D eigenvalue weighted by Gasteiger charge is -2.04. The summed E-state index contributed by atoms with van der Waals surface area (Å²) in [5.41, 5.74) is 1.20. The number of nitrogens with zero attached hydrogens (tertiary/aromatic N) is 3. The summed E-state index contributed by atoms with van der Waals surface area (Å²) in [5.74, 6) is 0.502. The molecule has 2 aromatic heterocycles. The molecule has 19 heavy (non-hydrogen) atoms. The molecule has 0 amide bonds. The first-order valence-corrected chi connectivity index (χ1v) is 6.22. The standard InChI is InChI=1S/C12H8Cl2N4O/c1-6-15-10(14)9-11(16-6)17-12(19)18(9)8-4-2-7(13)3-5-8/h2-5H,1H3,(H,15,16,17,19). The summed E-state index contributed by atoms with van der Waals surface area (Å²) in [6.07, 6.45) is 0. The molecule has 96 valence electrons. The highest BCUT2D eigenvalue weighted by Gasteiger charge is 2.14. The number of H-pyrrole nitrogens is 1. The molecule has 0 aliphatic heterocycles. The zero-order chi connectivity index (χ0) is 13.6. The van der Waals surface area contributed by atoms with Crippen LogP contribution in [0.5, 0.6) is 0 Å². The Morgan fingerprint density at radius 2 is 1.84 bits per heavy atom. The van der Waals surface area contributed by atoms with Gasteiger partial charge in [0.15, 0.2) is 10.8 Å². The zero-order valence-electron chi connectivity index (χ0n) is 9.82. The number of imidazole rings is 1. The Morgan fingerprint density at radius 3 is 2.53 bits per heavy atom. The molecule has 0 saturated heterocycles. The molecule has 0 spiro atoms. The summed E-state index contributed by atoms with van der Waals surface area (Å²) < 4.78 is 1.42. The normalized spacial score (nSPS) is 11.1. The summed E-state index contributed by atoms with van der Waals surface area (Å²) in [5, 5.41) is 0.825. The van der Waals surface area contributed by atoms with Crippen LogP contribution in [0.2, 0.25) is 10.2 Å². The Labute approximate surface area is 117 Å². The monoisotopic (exact) mass is 294 g/mol. The van der Waals surface area contributed by atoms with Crippen LogP contribution in [0.25, 0.3) is 16.9 Å². The van der Waals surface area contributed by atoms with Crippen molar-refractivity contribution in [3.63, 3.8) is 0 Å². The van der Waals surface area contributed by atoms with Crippen molar-refractivity contribution in [2.45, 2.75) is 6.92 Å². The van der Waals surface area contributed by atoms with Crippen molar-refractivity contribution in [1.29, 1.82) is 0 Å². The molecule has 2 heterocycles. The fraction of sp³-hybridized carbons (Fsp3) is 0.0833. The van der Waals surface area contributed by atoms with Crippen LogP contribution in [-0.4, -0.2) is 19.5 Å². The number of fused-ring (bicyclic) bond motifs is 1. The average Bonchev–Trinajstić information content (AvgIpc) is 2.66. The third-order valence-electron chi connectivity index (χ3n) is 2.69. The fourth-order valence-corrected chi connectivity index (χ4v) is 2.34. The molecule has 0 unspecified atom stereocenters. The lowest BCUT2D eigenvalue weighted by Crippen LogP contribution is -2.14.